The van der Waals surface area contributed by atoms with Gasteiger partial charge in [-0.05, 0) is 50.2 Å². The highest BCUT2D eigenvalue weighted by Gasteiger charge is 2.27. The molecule has 1 aromatic heterocycles. The number of anilines is 1. The maximum absolute atomic E-state index is 12.9. The molecule has 0 spiro atoms. The molecule has 0 aliphatic rings. The number of hydrogen-bond acceptors (Lipinski definition) is 6. The van der Waals surface area contributed by atoms with E-state index in [0.717, 1.165) is 24.3 Å². The second-order valence-corrected chi connectivity index (χ2v) is 9.22. The smallest absolute Gasteiger partial charge is 0.341 e. The van der Waals surface area contributed by atoms with Gasteiger partial charge in [-0.15, -0.1) is 0 Å². The second-order valence-electron chi connectivity index (χ2n) is 7.30. The molecule has 180 valence electrons. The zero-order chi connectivity index (χ0) is 25.2. The Hall–Kier alpha value is -3.80. The molecule has 0 fully saturated rings. The zero-order valence-corrected chi connectivity index (χ0v) is 19.2. The molecule has 1 N–H and O–H groups in total. The number of rotatable bonds is 7. The van der Waals surface area contributed by atoms with E-state index in [-0.39, 0.29) is 11.3 Å². The summed E-state index contributed by atoms with van der Waals surface area (Å²) in [4.78, 5) is 37.1. The third-order valence-electron chi connectivity index (χ3n) is 5.11. The first kappa shape index (κ1) is 24.8. The zero-order valence-electron chi connectivity index (χ0n) is 18.4. The number of para-hydroxylation sites is 1. The largest absolute Gasteiger partial charge is 0.449 e. The SMILES string of the molecule is Cc1c(NC(=O)[C@H](C)OC(=O)c2ccc(S(=O)(=O)C(F)F)cc2)c(=O)n(-c2ccccc2)n1C. The standard InChI is InChI=1S/C22H21F2N3O6S/c1-13-18(20(29)27(26(13)3)16-7-5-4-6-8-16)25-19(28)14(2)33-21(30)15-9-11-17(12-10-15)34(31,32)22(23)24/h4-12,14,22H,1-3H3,(H,25,28)/t14-/m0/s1. The molecular formula is C22H21F2N3O6S. The monoisotopic (exact) mass is 493 g/mol. The van der Waals surface area contributed by atoms with Gasteiger partial charge < -0.3 is 10.1 Å². The topological polar surface area (TPSA) is 116 Å². The van der Waals surface area contributed by atoms with E-state index in [9.17, 15) is 31.6 Å². The van der Waals surface area contributed by atoms with Crippen molar-refractivity contribution in [1.82, 2.24) is 9.36 Å². The minimum Gasteiger partial charge on any atom is -0.449 e. The fourth-order valence-corrected chi connectivity index (χ4v) is 3.82. The third-order valence-corrected chi connectivity index (χ3v) is 6.51. The molecule has 2 aromatic carbocycles. The second kappa shape index (κ2) is 9.59. The number of nitrogens with one attached hydrogen (secondary N) is 1. The number of amides is 1. The summed E-state index contributed by atoms with van der Waals surface area (Å²) in [6.07, 6.45) is -1.32. The predicted octanol–water partition coefficient (Wildman–Crippen LogP) is 2.66. The summed E-state index contributed by atoms with van der Waals surface area (Å²) in [6.45, 7) is 2.93. The Morgan fingerprint density at radius 1 is 1.03 bits per heavy atom. The van der Waals surface area contributed by atoms with Crippen LogP contribution in [0.2, 0.25) is 0 Å². The van der Waals surface area contributed by atoms with Gasteiger partial charge in [0.15, 0.2) is 6.10 Å². The van der Waals surface area contributed by atoms with E-state index in [0.29, 0.717) is 11.4 Å². The number of ether oxygens (including phenoxy) is 1. The lowest BCUT2D eigenvalue weighted by Gasteiger charge is -2.13. The van der Waals surface area contributed by atoms with Gasteiger partial charge in [-0.25, -0.2) is 17.9 Å². The molecule has 3 aromatic rings. The molecule has 12 heteroatoms. The van der Waals surface area contributed by atoms with Crippen molar-refractivity contribution in [2.45, 2.75) is 30.6 Å². The van der Waals surface area contributed by atoms with Crippen LogP contribution in [0, 0.1) is 6.92 Å². The number of esters is 1. The van der Waals surface area contributed by atoms with Crippen molar-refractivity contribution in [2.75, 3.05) is 5.32 Å². The van der Waals surface area contributed by atoms with Crippen LogP contribution in [-0.2, 0) is 26.4 Å². The first-order valence-electron chi connectivity index (χ1n) is 9.93. The summed E-state index contributed by atoms with van der Waals surface area (Å²) in [7, 11) is -3.15. The van der Waals surface area contributed by atoms with Crippen molar-refractivity contribution in [2.24, 2.45) is 7.05 Å². The maximum atomic E-state index is 12.9. The van der Waals surface area contributed by atoms with Gasteiger partial charge in [0.05, 0.1) is 21.8 Å². The van der Waals surface area contributed by atoms with Gasteiger partial charge in [0.25, 0.3) is 11.5 Å². The summed E-state index contributed by atoms with van der Waals surface area (Å²) in [5.41, 5.74) is 0.455. The van der Waals surface area contributed by atoms with Crippen LogP contribution in [0.15, 0.2) is 64.3 Å². The maximum Gasteiger partial charge on any atom is 0.341 e. The molecule has 0 aliphatic heterocycles. The number of benzene rings is 2. The summed E-state index contributed by atoms with van der Waals surface area (Å²) in [6, 6.07) is 12.5. The summed E-state index contributed by atoms with van der Waals surface area (Å²) >= 11 is 0. The van der Waals surface area contributed by atoms with E-state index in [2.05, 4.69) is 5.32 Å². The Morgan fingerprint density at radius 3 is 2.18 bits per heavy atom. The fourth-order valence-electron chi connectivity index (χ4n) is 3.10. The lowest BCUT2D eigenvalue weighted by atomic mass is 10.2. The Morgan fingerprint density at radius 2 is 1.62 bits per heavy atom. The van der Waals surface area contributed by atoms with Crippen LogP contribution in [0.25, 0.3) is 5.69 Å². The highest BCUT2D eigenvalue weighted by Crippen LogP contribution is 2.19. The average Bonchev–Trinajstić information content (AvgIpc) is 3.02. The number of hydrogen-bond donors (Lipinski definition) is 1. The van der Waals surface area contributed by atoms with Gasteiger partial charge in [0.2, 0.25) is 9.84 Å². The Labute approximate surface area is 193 Å². The highest BCUT2D eigenvalue weighted by atomic mass is 32.2. The Balaban J connectivity index is 1.74. The molecule has 0 bridgehead atoms. The van der Waals surface area contributed by atoms with E-state index in [1.54, 1.807) is 49.0 Å². The quantitative estimate of drug-likeness (QED) is 0.506. The van der Waals surface area contributed by atoms with Crippen molar-refractivity contribution in [1.29, 1.82) is 0 Å². The van der Waals surface area contributed by atoms with E-state index < -0.39 is 44.0 Å². The number of alkyl halides is 2. The average molecular weight is 493 g/mol. The highest BCUT2D eigenvalue weighted by molar-refractivity contribution is 7.91. The van der Waals surface area contributed by atoms with Gasteiger partial charge in [0.1, 0.15) is 5.69 Å². The molecule has 0 saturated heterocycles. The molecule has 1 heterocycles. The third kappa shape index (κ3) is 4.76. The normalized spacial score (nSPS) is 12.4. The molecular weight excluding hydrogens is 472 g/mol. The number of carbonyl (C=O) groups is 2. The van der Waals surface area contributed by atoms with Crippen molar-refractivity contribution >= 4 is 27.4 Å². The molecule has 0 radical (unpaired) electrons. The van der Waals surface area contributed by atoms with Gasteiger partial charge in [-0.2, -0.15) is 8.78 Å². The Kier molecular flexibility index (Phi) is 7.01. The van der Waals surface area contributed by atoms with E-state index in [1.165, 1.54) is 11.6 Å². The molecule has 0 saturated carbocycles. The molecule has 1 atom stereocenters. The number of carbonyl (C=O) groups excluding carboxylic acids is 2. The van der Waals surface area contributed by atoms with Crippen LogP contribution in [0.5, 0.6) is 0 Å². The molecule has 34 heavy (non-hydrogen) atoms. The van der Waals surface area contributed by atoms with Crippen LogP contribution in [0.1, 0.15) is 23.0 Å². The summed E-state index contributed by atoms with van der Waals surface area (Å²) in [5.74, 6) is -5.34. The van der Waals surface area contributed by atoms with Crippen LogP contribution >= 0.6 is 0 Å². The van der Waals surface area contributed by atoms with Gasteiger partial charge in [-0.3, -0.25) is 14.3 Å². The molecule has 0 unspecified atom stereocenters. The fraction of sp³-hybridized carbons (Fsp3) is 0.227. The van der Waals surface area contributed by atoms with Crippen molar-refractivity contribution in [3.8, 4) is 5.69 Å². The Bertz CT molecular complexity index is 1380. The van der Waals surface area contributed by atoms with Crippen LogP contribution in [-0.4, -0.2) is 41.5 Å². The first-order valence-corrected chi connectivity index (χ1v) is 11.5. The van der Waals surface area contributed by atoms with Gasteiger partial charge in [0, 0.05) is 7.05 Å². The number of halogens is 2. The summed E-state index contributed by atoms with van der Waals surface area (Å²) < 4.78 is 56.2. The number of sulfone groups is 1. The van der Waals surface area contributed by atoms with Gasteiger partial charge in [-0.1, -0.05) is 18.2 Å². The molecule has 9 nitrogen and oxygen atoms in total. The minimum absolute atomic E-state index is 0.0146. The molecule has 0 aliphatic carbocycles. The first-order chi connectivity index (χ1) is 15.9. The van der Waals surface area contributed by atoms with Crippen molar-refractivity contribution in [3.05, 3.63) is 76.2 Å². The lowest BCUT2D eigenvalue weighted by molar-refractivity contribution is -0.123. The number of nitrogens with zero attached hydrogens (tertiary/aromatic N) is 2. The lowest BCUT2D eigenvalue weighted by Crippen LogP contribution is -2.32. The van der Waals surface area contributed by atoms with Crippen LogP contribution in [0.3, 0.4) is 0 Å². The van der Waals surface area contributed by atoms with Crippen molar-refractivity contribution in [3.63, 3.8) is 0 Å². The van der Waals surface area contributed by atoms with Crippen LogP contribution < -0.4 is 10.9 Å². The molecule has 1 amide bonds. The molecule has 3 rings (SSSR count). The van der Waals surface area contributed by atoms with Gasteiger partial charge >= 0.3 is 11.7 Å². The van der Waals surface area contributed by atoms with Crippen molar-refractivity contribution < 1.29 is 31.5 Å². The van der Waals surface area contributed by atoms with E-state index >= 15 is 0 Å². The minimum atomic E-state index is -4.80. The number of aromatic nitrogens is 2. The predicted molar refractivity (Wildman–Crippen MR) is 119 cm³/mol. The summed E-state index contributed by atoms with van der Waals surface area (Å²) in [5, 5.41) is 2.47. The van der Waals surface area contributed by atoms with Crippen LogP contribution in [0.4, 0.5) is 14.5 Å². The van der Waals surface area contributed by atoms with E-state index in [1.807, 2.05) is 0 Å². The van der Waals surface area contributed by atoms with E-state index in [4.69, 9.17) is 4.74 Å².